The summed E-state index contributed by atoms with van der Waals surface area (Å²) >= 11 is 0. The van der Waals surface area contributed by atoms with Gasteiger partial charge in [0.2, 0.25) is 0 Å². The van der Waals surface area contributed by atoms with Crippen molar-refractivity contribution < 1.29 is 9.90 Å². The van der Waals surface area contributed by atoms with Gasteiger partial charge >= 0.3 is 0 Å². The Morgan fingerprint density at radius 2 is 1.85 bits per heavy atom. The molecule has 2 aromatic carbocycles. The lowest BCUT2D eigenvalue weighted by Gasteiger charge is -2.35. The fourth-order valence-corrected chi connectivity index (χ4v) is 3.95. The lowest BCUT2D eigenvalue weighted by Crippen LogP contribution is -2.45. The van der Waals surface area contributed by atoms with Crippen LogP contribution in [0.15, 0.2) is 36.4 Å². The van der Waals surface area contributed by atoms with Gasteiger partial charge in [-0.2, -0.15) is 0 Å². The quantitative estimate of drug-likeness (QED) is 0.880. The molecule has 4 nitrogen and oxygen atoms in total. The lowest BCUT2D eigenvalue weighted by atomic mass is 9.98. The summed E-state index contributed by atoms with van der Waals surface area (Å²) in [6.45, 7) is 5.67. The van der Waals surface area contributed by atoms with E-state index < -0.39 is 0 Å². The largest absolute Gasteiger partial charge is 0.507 e. The van der Waals surface area contributed by atoms with Crippen LogP contribution in [0.2, 0.25) is 0 Å². The van der Waals surface area contributed by atoms with Gasteiger partial charge < -0.3 is 14.9 Å². The maximum Gasteiger partial charge on any atom is 0.253 e. The van der Waals surface area contributed by atoms with Crippen LogP contribution in [0, 0.1) is 13.8 Å². The first kappa shape index (κ1) is 19.4. The van der Waals surface area contributed by atoms with E-state index in [-0.39, 0.29) is 5.91 Å². The molecule has 0 saturated carbocycles. The zero-order valence-corrected chi connectivity index (χ0v) is 16.8. The van der Waals surface area contributed by atoms with Crippen LogP contribution < -0.4 is 0 Å². The third-order valence-electron chi connectivity index (χ3n) is 5.69. The first-order valence-electron chi connectivity index (χ1n) is 9.73. The van der Waals surface area contributed by atoms with E-state index in [1.165, 1.54) is 12.8 Å². The van der Waals surface area contributed by atoms with Crippen molar-refractivity contribution in [3.8, 4) is 16.9 Å². The Hall–Kier alpha value is -2.33. The van der Waals surface area contributed by atoms with Crippen molar-refractivity contribution in [1.82, 2.24) is 9.80 Å². The molecule has 27 heavy (non-hydrogen) atoms. The van der Waals surface area contributed by atoms with Crippen molar-refractivity contribution in [2.24, 2.45) is 0 Å². The summed E-state index contributed by atoms with van der Waals surface area (Å²) in [7, 11) is 4.05. The molecule has 1 fully saturated rings. The molecule has 0 bridgehead atoms. The fraction of sp³-hybridized carbons (Fsp3) is 0.435. The average Bonchev–Trinajstić information content (AvgIpc) is 2.67. The summed E-state index contributed by atoms with van der Waals surface area (Å²) in [6, 6.07) is 12.1. The molecule has 4 heteroatoms. The smallest absolute Gasteiger partial charge is 0.253 e. The van der Waals surface area contributed by atoms with E-state index in [0.29, 0.717) is 17.4 Å². The monoisotopic (exact) mass is 366 g/mol. The molecule has 1 saturated heterocycles. The van der Waals surface area contributed by atoms with E-state index in [1.54, 1.807) is 0 Å². The Morgan fingerprint density at radius 1 is 1.15 bits per heavy atom. The number of amides is 1. The number of rotatable bonds is 4. The van der Waals surface area contributed by atoms with Gasteiger partial charge in [-0.3, -0.25) is 4.79 Å². The van der Waals surface area contributed by atoms with Gasteiger partial charge in [0.05, 0.1) is 0 Å². The highest BCUT2D eigenvalue weighted by Gasteiger charge is 2.23. The summed E-state index contributed by atoms with van der Waals surface area (Å²) in [6.07, 6.45) is 3.64. The summed E-state index contributed by atoms with van der Waals surface area (Å²) in [5.74, 6) is 0.394. The normalized spacial score (nSPS) is 17.7. The third-order valence-corrected chi connectivity index (χ3v) is 5.69. The molecule has 2 aromatic rings. The number of aryl methyl sites for hydroxylation is 2. The number of phenolic OH excluding ortho intramolecular Hbond substituents is 1. The Bertz CT molecular complexity index is 808. The first-order valence-corrected chi connectivity index (χ1v) is 9.73. The molecule has 0 aliphatic carbocycles. The number of piperidine rings is 1. The lowest BCUT2D eigenvalue weighted by molar-refractivity contribution is 0.0717. The minimum absolute atomic E-state index is 0.0584. The first-order chi connectivity index (χ1) is 12.9. The summed E-state index contributed by atoms with van der Waals surface area (Å²) in [5.41, 5.74) is 4.41. The van der Waals surface area contributed by atoms with Crippen molar-refractivity contribution in [3.63, 3.8) is 0 Å². The van der Waals surface area contributed by atoms with E-state index in [4.69, 9.17) is 0 Å². The van der Waals surface area contributed by atoms with Gasteiger partial charge in [0.1, 0.15) is 5.75 Å². The number of nitrogens with zero attached hydrogens (tertiary/aromatic N) is 2. The maximum absolute atomic E-state index is 13.0. The Labute approximate surface area is 162 Å². The Morgan fingerprint density at radius 3 is 2.52 bits per heavy atom. The van der Waals surface area contributed by atoms with Gasteiger partial charge in [-0.1, -0.05) is 18.6 Å². The van der Waals surface area contributed by atoms with Crippen molar-refractivity contribution in [1.29, 1.82) is 0 Å². The molecule has 0 unspecified atom stereocenters. The number of benzene rings is 2. The second kappa shape index (κ2) is 8.13. The second-order valence-electron chi connectivity index (χ2n) is 7.86. The van der Waals surface area contributed by atoms with Gasteiger partial charge in [-0.15, -0.1) is 0 Å². The SMILES string of the molecule is Cc1cc(-c2cccc(C(=O)N(C)C[C@H]3CCCCN3C)c2)cc(C)c1O. The van der Waals surface area contributed by atoms with Gasteiger partial charge in [0, 0.05) is 25.2 Å². The highest BCUT2D eigenvalue weighted by atomic mass is 16.3. The zero-order chi connectivity index (χ0) is 19.6. The number of likely N-dealkylation sites (tertiary alicyclic amines) is 1. The molecule has 1 heterocycles. The van der Waals surface area contributed by atoms with Gasteiger partial charge in [0.25, 0.3) is 5.91 Å². The van der Waals surface area contributed by atoms with Crippen LogP contribution in [-0.4, -0.2) is 54.0 Å². The second-order valence-corrected chi connectivity index (χ2v) is 7.86. The highest BCUT2D eigenvalue weighted by molar-refractivity contribution is 5.95. The molecule has 1 N–H and O–H groups in total. The van der Waals surface area contributed by atoms with Crippen LogP contribution in [0.5, 0.6) is 5.75 Å². The molecular weight excluding hydrogens is 336 g/mol. The van der Waals surface area contributed by atoms with Crippen molar-refractivity contribution in [2.75, 3.05) is 27.2 Å². The number of carbonyl (C=O) groups is 1. The predicted octanol–water partition coefficient (Wildman–Crippen LogP) is 4.23. The topological polar surface area (TPSA) is 43.8 Å². The highest BCUT2D eigenvalue weighted by Crippen LogP contribution is 2.29. The van der Waals surface area contributed by atoms with Crippen LogP contribution in [0.3, 0.4) is 0 Å². The molecule has 144 valence electrons. The fourth-order valence-electron chi connectivity index (χ4n) is 3.95. The number of carbonyl (C=O) groups excluding carboxylic acids is 1. The van der Waals surface area contributed by atoms with Crippen LogP contribution in [0.1, 0.15) is 40.7 Å². The molecule has 1 aliphatic heterocycles. The average molecular weight is 367 g/mol. The van der Waals surface area contributed by atoms with E-state index in [1.807, 2.05) is 62.2 Å². The van der Waals surface area contributed by atoms with E-state index in [0.717, 1.165) is 41.8 Å². The van der Waals surface area contributed by atoms with Crippen LogP contribution in [0.4, 0.5) is 0 Å². The van der Waals surface area contributed by atoms with Crippen LogP contribution in [-0.2, 0) is 0 Å². The molecule has 0 radical (unpaired) electrons. The molecule has 0 aromatic heterocycles. The molecule has 1 aliphatic rings. The van der Waals surface area contributed by atoms with E-state index >= 15 is 0 Å². The van der Waals surface area contributed by atoms with E-state index in [9.17, 15) is 9.90 Å². The molecule has 3 rings (SSSR count). The van der Waals surface area contributed by atoms with Crippen molar-refractivity contribution >= 4 is 5.91 Å². The summed E-state index contributed by atoms with van der Waals surface area (Å²) < 4.78 is 0. The third kappa shape index (κ3) is 4.33. The van der Waals surface area contributed by atoms with Crippen molar-refractivity contribution in [3.05, 3.63) is 53.1 Å². The zero-order valence-electron chi connectivity index (χ0n) is 16.8. The summed E-state index contributed by atoms with van der Waals surface area (Å²) in [4.78, 5) is 17.2. The van der Waals surface area contributed by atoms with Gasteiger partial charge in [-0.05, 0) is 86.8 Å². The van der Waals surface area contributed by atoms with Crippen LogP contribution >= 0.6 is 0 Å². The van der Waals surface area contributed by atoms with Gasteiger partial charge in [0.15, 0.2) is 0 Å². The number of aromatic hydroxyl groups is 1. The molecular formula is C23H30N2O2. The molecule has 0 spiro atoms. The number of likely N-dealkylation sites (N-methyl/N-ethyl adjacent to an activating group) is 2. The number of hydrogen-bond donors (Lipinski definition) is 1. The number of hydrogen-bond acceptors (Lipinski definition) is 3. The maximum atomic E-state index is 13.0. The summed E-state index contributed by atoms with van der Waals surface area (Å²) in [5, 5.41) is 10.0. The Balaban J connectivity index is 1.79. The van der Waals surface area contributed by atoms with Gasteiger partial charge in [-0.25, -0.2) is 0 Å². The minimum Gasteiger partial charge on any atom is -0.507 e. The molecule has 1 atom stereocenters. The Kier molecular flexibility index (Phi) is 5.85. The standard InChI is InChI=1S/C23H30N2O2/c1-16-12-20(13-17(2)22(16)26)18-8-7-9-19(14-18)23(27)25(4)15-21-10-5-6-11-24(21)3/h7-9,12-14,21,26H,5-6,10-11,15H2,1-4H3/t21-/m1/s1. The minimum atomic E-state index is 0.0584. The molecule has 1 amide bonds. The van der Waals surface area contributed by atoms with Crippen molar-refractivity contribution in [2.45, 2.75) is 39.2 Å². The van der Waals surface area contributed by atoms with E-state index in [2.05, 4.69) is 11.9 Å². The van der Waals surface area contributed by atoms with Crippen LogP contribution in [0.25, 0.3) is 11.1 Å². The number of phenols is 1. The predicted molar refractivity (Wildman–Crippen MR) is 110 cm³/mol.